The topological polar surface area (TPSA) is 12.0 Å². The summed E-state index contributed by atoms with van der Waals surface area (Å²) in [7, 11) is 2.13. The number of allylic oxidation sites excluding steroid dienone is 2. The van der Waals surface area contributed by atoms with Crippen LogP contribution in [0.5, 0.6) is 0 Å². The van der Waals surface area contributed by atoms with Crippen LogP contribution in [0.3, 0.4) is 0 Å². The molecule has 6 atom stereocenters. The summed E-state index contributed by atoms with van der Waals surface area (Å²) in [4.78, 5) is 0. The summed E-state index contributed by atoms with van der Waals surface area (Å²) in [6, 6.07) is 0. The molecule has 1 N–H and O–H groups in total. The Morgan fingerprint density at radius 3 is 2.35 bits per heavy atom. The van der Waals surface area contributed by atoms with Gasteiger partial charge in [0.15, 0.2) is 0 Å². The summed E-state index contributed by atoms with van der Waals surface area (Å²) in [6.07, 6.45) is 10.7. The summed E-state index contributed by atoms with van der Waals surface area (Å²) in [5.41, 5.74) is 1.96. The van der Waals surface area contributed by atoms with Gasteiger partial charge in [-0.05, 0) is 81.2 Å². The van der Waals surface area contributed by atoms with Crippen LogP contribution in [-0.4, -0.2) is 13.6 Å². The zero-order valence-electron chi connectivity index (χ0n) is 19.5. The minimum atomic E-state index is 0.494. The second-order valence-electron chi connectivity index (χ2n) is 10.3. The van der Waals surface area contributed by atoms with Crippen molar-refractivity contribution in [3.05, 3.63) is 11.6 Å². The molecule has 0 aromatic rings. The van der Waals surface area contributed by atoms with E-state index in [1.54, 1.807) is 0 Å². The van der Waals surface area contributed by atoms with Crippen molar-refractivity contribution >= 4 is 0 Å². The van der Waals surface area contributed by atoms with Crippen molar-refractivity contribution in [3.8, 4) is 0 Å². The fraction of sp³-hybridized carbons (Fsp3) is 0.920. The minimum absolute atomic E-state index is 0.494. The van der Waals surface area contributed by atoms with E-state index in [1.165, 1.54) is 44.1 Å². The number of hydrogen-bond acceptors (Lipinski definition) is 1. The van der Waals surface area contributed by atoms with Crippen LogP contribution in [0, 0.1) is 40.9 Å². The van der Waals surface area contributed by atoms with Gasteiger partial charge in [0.05, 0.1) is 0 Å². The lowest BCUT2D eigenvalue weighted by atomic mass is 9.62. The van der Waals surface area contributed by atoms with E-state index >= 15 is 0 Å². The molecule has 0 amide bonds. The van der Waals surface area contributed by atoms with Crippen molar-refractivity contribution in [2.45, 2.75) is 93.9 Å². The lowest BCUT2D eigenvalue weighted by Crippen LogP contribution is -2.38. The highest BCUT2D eigenvalue weighted by molar-refractivity contribution is 5.04. The van der Waals surface area contributed by atoms with E-state index < -0.39 is 0 Å². The fourth-order valence-electron chi connectivity index (χ4n) is 6.22. The van der Waals surface area contributed by atoms with Gasteiger partial charge in [-0.25, -0.2) is 0 Å². The van der Waals surface area contributed by atoms with E-state index in [0.29, 0.717) is 5.41 Å². The smallest absolute Gasteiger partial charge is 0.00177 e. The monoisotopic (exact) mass is 363 g/mol. The zero-order chi connectivity index (χ0) is 19.9. The van der Waals surface area contributed by atoms with E-state index in [-0.39, 0.29) is 0 Å². The minimum Gasteiger partial charge on any atom is -0.319 e. The van der Waals surface area contributed by atoms with Gasteiger partial charge >= 0.3 is 0 Å². The second kappa shape index (κ2) is 10.9. The van der Waals surface area contributed by atoms with Gasteiger partial charge in [0, 0.05) is 0 Å². The molecule has 0 heterocycles. The highest BCUT2D eigenvalue weighted by Gasteiger charge is 2.52. The largest absolute Gasteiger partial charge is 0.319 e. The van der Waals surface area contributed by atoms with Gasteiger partial charge in [0.25, 0.3) is 0 Å². The van der Waals surface area contributed by atoms with Crippen molar-refractivity contribution in [2.75, 3.05) is 13.6 Å². The third-order valence-corrected chi connectivity index (χ3v) is 7.53. The zero-order valence-corrected chi connectivity index (χ0v) is 19.5. The van der Waals surface area contributed by atoms with Crippen molar-refractivity contribution in [1.29, 1.82) is 0 Å². The van der Waals surface area contributed by atoms with Crippen molar-refractivity contribution < 1.29 is 0 Å². The Kier molecular flexibility index (Phi) is 9.94. The Balaban J connectivity index is 2.95. The summed E-state index contributed by atoms with van der Waals surface area (Å²) in [5, 5.41) is 3.51. The summed E-state index contributed by atoms with van der Waals surface area (Å²) in [5.74, 6) is 5.08. The van der Waals surface area contributed by atoms with E-state index in [4.69, 9.17) is 0 Å². The molecule has 0 bridgehead atoms. The van der Waals surface area contributed by atoms with Gasteiger partial charge < -0.3 is 5.32 Å². The Morgan fingerprint density at radius 1 is 1.19 bits per heavy atom. The molecule has 1 rings (SSSR count). The summed E-state index contributed by atoms with van der Waals surface area (Å²) < 4.78 is 0. The predicted molar refractivity (Wildman–Crippen MR) is 118 cm³/mol. The molecular weight excluding hydrogens is 314 g/mol. The van der Waals surface area contributed by atoms with Gasteiger partial charge in [-0.15, -0.1) is 0 Å². The summed E-state index contributed by atoms with van der Waals surface area (Å²) >= 11 is 0. The number of nitrogens with one attached hydrogen (secondary N) is 1. The van der Waals surface area contributed by atoms with E-state index in [9.17, 15) is 0 Å². The lowest BCUT2D eigenvalue weighted by molar-refractivity contribution is 0.0605. The van der Waals surface area contributed by atoms with Crippen LogP contribution in [0.4, 0.5) is 0 Å². The van der Waals surface area contributed by atoms with Gasteiger partial charge in [0.2, 0.25) is 0 Å². The van der Waals surface area contributed by atoms with E-state index in [2.05, 4.69) is 73.8 Å². The van der Waals surface area contributed by atoms with Crippen LogP contribution in [0.2, 0.25) is 0 Å². The first-order chi connectivity index (χ1) is 12.2. The molecule has 0 aromatic heterocycles. The normalized spacial score (nSPS) is 31.2. The van der Waals surface area contributed by atoms with Crippen molar-refractivity contribution in [1.82, 2.24) is 5.32 Å². The maximum Gasteiger partial charge on any atom is -0.00177 e. The van der Waals surface area contributed by atoms with Crippen LogP contribution >= 0.6 is 0 Å². The first-order valence-electron chi connectivity index (χ1n) is 11.4. The maximum atomic E-state index is 3.51. The molecule has 0 spiro atoms. The Morgan fingerprint density at radius 2 is 1.85 bits per heavy atom. The standard InChI is InChI=1S/C25H49N/c1-10-25(8)23(22(17-26-9)15-14-19(4)5)16-21(7)24(25)20(6)13-11-12-18(2)3/h14,18,20-24,26H,10-13,15-17H2,1-9H3/t20-,21+,22?,23?,24?,25?/m1/s1. The molecule has 0 radical (unpaired) electrons. The van der Waals surface area contributed by atoms with Crippen molar-refractivity contribution in [2.24, 2.45) is 40.9 Å². The average Bonchev–Trinajstić information content (AvgIpc) is 2.82. The van der Waals surface area contributed by atoms with Gasteiger partial charge in [-0.2, -0.15) is 0 Å². The average molecular weight is 364 g/mol. The second-order valence-corrected chi connectivity index (χ2v) is 10.3. The Hall–Kier alpha value is -0.300. The third-order valence-electron chi connectivity index (χ3n) is 7.53. The molecule has 26 heavy (non-hydrogen) atoms. The Labute approximate surface area is 165 Å². The molecule has 1 fully saturated rings. The first-order valence-corrected chi connectivity index (χ1v) is 11.4. The number of rotatable bonds is 11. The van der Waals surface area contributed by atoms with Crippen LogP contribution in [0.15, 0.2) is 11.6 Å². The number of hydrogen-bond donors (Lipinski definition) is 1. The molecule has 0 aliphatic heterocycles. The van der Waals surface area contributed by atoms with Gasteiger partial charge in [-0.3, -0.25) is 0 Å². The molecular formula is C25H49N. The molecule has 0 aromatic carbocycles. The molecule has 4 unspecified atom stereocenters. The quantitative estimate of drug-likeness (QED) is 0.379. The SMILES string of the molecule is CCC1(C)C(C(CC=C(C)C)CNC)C[C@H](C)C1[C@H](C)CCCC(C)C. The molecule has 1 saturated carbocycles. The molecule has 1 aliphatic rings. The predicted octanol–water partition coefficient (Wildman–Crippen LogP) is 7.33. The van der Waals surface area contributed by atoms with Gasteiger partial charge in [0.1, 0.15) is 0 Å². The third kappa shape index (κ3) is 6.11. The van der Waals surface area contributed by atoms with E-state index in [0.717, 1.165) is 42.1 Å². The maximum absolute atomic E-state index is 3.51. The van der Waals surface area contributed by atoms with Crippen molar-refractivity contribution in [3.63, 3.8) is 0 Å². The Bertz CT molecular complexity index is 420. The highest BCUT2D eigenvalue weighted by Crippen LogP contribution is 2.59. The fourth-order valence-corrected chi connectivity index (χ4v) is 6.22. The molecule has 1 heteroatoms. The van der Waals surface area contributed by atoms with Gasteiger partial charge in [-0.1, -0.05) is 78.9 Å². The first kappa shape index (κ1) is 23.7. The molecule has 1 nitrogen and oxygen atoms in total. The molecule has 154 valence electrons. The van der Waals surface area contributed by atoms with E-state index in [1.807, 2.05) is 0 Å². The van der Waals surface area contributed by atoms with Crippen LogP contribution in [0.25, 0.3) is 0 Å². The highest BCUT2D eigenvalue weighted by atomic mass is 14.8. The molecule has 1 aliphatic carbocycles. The van der Waals surface area contributed by atoms with Crippen LogP contribution in [-0.2, 0) is 0 Å². The molecule has 0 saturated heterocycles. The lowest BCUT2D eigenvalue weighted by Gasteiger charge is -2.43. The summed E-state index contributed by atoms with van der Waals surface area (Å²) in [6.45, 7) is 20.6. The van der Waals surface area contributed by atoms with Crippen LogP contribution < -0.4 is 5.32 Å². The van der Waals surface area contributed by atoms with Crippen LogP contribution in [0.1, 0.15) is 93.9 Å².